The van der Waals surface area contributed by atoms with E-state index < -0.39 is 0 Å². The molecule has 0 amide bonds. The van der Waals surface area contributed by atoms with Crippen molar-refractivity contribution in [3.05, 3.63) is 47.8 Å². The number of H-pyrrole nitrogens is 1. The number of aromatic amines is 1. The monoisotopic (exact) mass is 256 g/mol. The Bertz CT molecular complexity index is 545. The van der Waals surface area contributed by atoms with Crippen LogP contribution in [0.5, 0.6) is 5.75 Å². The predicted octanol–water partition coefficient (Wildman–Crippen LogP) is 2.16. The second kappa shape index (κ2) is 6.57. The van der Waals surface area contributed by atoms with Crippen LogP contribution < -0.4 is 10.1 Å². The first-order valence-corrected chi connectivity index (χ1v) is 6.11. The van der Waals surface area contributed by atoms with E-state index in [0.717, 1.165) is 16.9 Å². The van der Waals surface area contributed by atoms with Crippen LogP contribution in [0.25, 0.3) is 0 Å². The van der Waals surface area contributed by atoms with Crippen molar-refractivity contribution in [3.63, 3.8) is 0 Å². The highest BCUT2D eigenvalue weighted by Crippen LogP contribution is 2.19. The third kappa shape index (κ3) is 3.57. The van der Waals surface area contributed by atoms with E-state index in [2.05, 4.69) is 22.4 Å². The molecule has 1 atom stereocenters. The Morgan fingerprint density at radius 3 is 3.05 bits per heavy atom. The lowest BCUT2D eigenvalue weighted by molar-refractivity contribution is 0.361. The normalized spacial score (nSPS) is 11.8. The van der Waals surface area contributed by atoms with E-state index in [9.17, 15) is 0 Å². The first-order valence-electron chi connectivity index (χ1n) is 6.11. The van der Waals surface area contributed by atoms with E-state index >= 15 is 0 Å². The van der Waals surface area contributed by atoms with Gasteiger partial charge in [-0.05, 0) is 13.0 Å². The molecule has 19 heavy (non-hydrogen) atoms. The first-order chi connectivity index (χ1) is 9.31. The van der Waals surface area contributed by atoms with Crippen LogP contribution in [0.1, 0.15) is 24.1 Å². The Kier molecular flexibility index (Phi) is 4.54. The number of nitrogens with zero attached hydrogens (tertiary/aromatic N) is 2. The van der Waals surface area contributed by atoms with Crippen molar-refractivity contribution >= 4 is 0 Å². The van der Waals surface area contributed by atoms with E-state index in [4.69, 9.17) is 10.00 Å². The number of hydrogen-bond acceptors (Lipinski definition) is 4. The zero-order valence-corrected chi connectivity index (χ0v) is 10.8. The van der Waals surface area contributed by atoms with Crippen molar-refractivity contribution in [2.75, 3.05) is 6.61 Å². The summed E-state index contributed by atoms with van der Waals surface area (Å²) in [5.41, 5.74) is 2.14. The second-order valence-electron chi connectivity index (χ2n) is 4.19. The molecule has 1 aromatic heterocycles. The number of ether oxygens (including phenoxy) is 1. The molecule has 5 nitrogen and oxygen atoms in total. The quantitative estimate of drug-likeness (QED) is 0.830. The molecule has 0 aliphatic carbocycles. The molecule has 0 saturated heterocycles. The Morgan fingerprint density at radius 1 is 1.47 bits per heavy atom. The molecule has 0 saturated carbocycles. The Labute approximate surface area is 112 Å². The summed E-state index contributed by atoms with van der Waals surface area (Å²) < 4.78 is 5.39. The number of benzene rings is 1. The van der Waals surface area contributed by atoms with E-state index in [1.54, 1.807) is 6.20 Å². The van der Waals surface area contributed by atoms with Crippen LogP contribution in [-0.4, -0.2) is 16.8 Å². The molecule has 2 N–H and O–H groups in total. The summed E-state index contributed by atoms with van der Waals surface area (Å²) in [6, 6.07) is 9.89. The van der Waals surface area contributed by atoms with Crippen LogP contribution in [0, 0.1) is 11.3 Å². The van der Waals surface area contributed by atoms with E-state index in [0.29, 0.717) is 6.54 Å². The molecule has 0 radical (unpaired) electrons. The fourth-order valence-corrected chi connectivity index (χ4v) is 1.78. The third-order valence-corrected chi connectivity index (χ3v) is 2.88. The summed E-state index contributed by atoms with van der Waals surface area (Å²) >= 11 is 0. The van der Waals surface area contributed by atoms with Crippen LogP contribution in [-0.2, 0) is 6.54 Å². The number of aromatic nitrogens is 2. The fourth-order valence-electron chi connectivity index (χ4n) is 1.78. The molecular weight excluding hydrogens is 240 g/mol. The van der Waals surface area contributed by atoms with Gasteiger partial charge in [-0.25, -0.2) is 0 Å². The van der Waals surface area contributed by atoms with Gasteiger partial charge in [-0.1, -0.05) is 18.2 Å². The highest BCUT2D eigenvalue weighted by molar-refractivity contribution is 5.33. The lowest BCUT2D eigenvalue weighted by atomic mass is 10.1. The standard InChI is InChI=1S/C14H16N4O/c1-11(13-9-17-18-10-13)16-8-12-4-2-3-5-14(12)19-7-6-15/h2-5,9-11,16H,7-8H2,1H3,(H,17,18). The molecule has 98 valence electrons. The van der Waals surface area contributed by atoms with Crippen molar-refractivity contribution in [3.8, 4) is 11.8 Å². The molecular formula is C14H16N4O. The fraction of sp³-hybridized carbons (Fsp3) is 0.286. The lowest BCUT2D eigenvalue weighted by Gasteiger charge is -2.14. The summed E-state index contributed by atoms with van der Waals surface area (Å²) in [6.45, 7) is 2.81. The minimum atomic E-state index is 0.0638. The van der Waals surface area contributed by atoms with Gasteiger partial charge in [0.15, 0.2) is 6.61 Å². The molecule has 0 bridgehead atoms. The summed E-state index contributed by atoms with van der Waals surface area (Å²) in [6.07, 6.45) is 3.67. The number of hydrogen-bond donors (Lipinski definition) is 2. The average molecular weight is 256 g/mol. The minimum Gasteiger partial charge on any atom is -0.478 e. The lowest BCUT2D eigenvalue weighted by Crippen LogP contribution is -2.18. The van der Waals surface area contributed by atoms with E-state index in [1.807, 2.05) is 36.5 Å². The van der Waals surface area contributed by atoms with Gasteiger partial charge < -0.3 is 10.1 Å². The molecule has 0 aliphatic heterocycles. The Hall–Kier alpha value is -2.32. The van der Waals surface area contributed by atoms with E-state index in [-0.39, 0.29) is 12.6 Å². The van der Waals surface area contributed by atoms with Gasteiger partial charge in [-0.3, -0.25) is 5.10 Å². The van der Waals surface area contributed by atoms with Crippen molar-refractivity contribution in [1.82, 2.24) is 15.5 Å². The summed E-state index contributed by atoms with van der Waals surface area (Å²) in [5.74, 6) is 0.746. The van der Waals surface area contributed by atoms with Crippen molar-refractivity contribution in [1.29, 1.82) is 5.26 Å². The minimum absolute atomic E-state index is 0.0638. The van der Waals surface area contributed by atoms with Crippen LogP contribution in [0.15, 0.2) is 36.7 Å². The topological polar surface area (TPSA) is 73.7 Å². The van der Waals surface area contributed by atoms with E-state index in [1.165, 1.54) is 0 Å². The Balaban J connectivity index is 1.97. The third-order valence-electron chi connectivity index (χ3n) is 2.88. The van der Waals surface area contributed by atoms with Gasteiger partial charge >= 0.3 is 0 Å². The summed E-state index contributed by atoms with van der Waals surface area (Å²) in [5, 5.41) is 18.7. The Morgan fingerprint density at radius 2 is 2.32 bits per heavy atom. The zero-order valence-electron chi connectivity index (χ0n) is 10.8. The van der Waals surface area contributed by atoms with Gasteiger partial charge in [-0.2, -0.15) is 10.4 Å². The molecule has 5 heteroatoms. The van der Waals surface area contributed by atoms with Crippen molar-refractivity contribution in [2.24, 2.45) is 0 Å². The molecule has 1 unspecified atom stereocenters. The van der Waals surface area contributed by atoms with Crippen molar-refractivity contribution in [2.45, 2.75) is 19.5 Å². The largest absolute Gasteiger partial charge is 0.478 e. The molecule has 1 heterocycles. The summed E-state index contributed by atoms with van der Waals surface area (Å²) in [7, 11) is 0. The van der Waals surface area contributed by atoms with Crippen molar-refractivity contribution < 1.29 is 4.74 Å². The number of para-hydroxylation sites is 1. The highest BCUT2D eigenvalue weighted by atomic mass is 16.5. The number of nitrogens with one attached hydrogen (secondary N) is 2. The van der Waals surface area contributed by atoms with Gasteiger partial charge in [0.1, 0.15) is 11.8 Å². The molecule has 2 rings (SSSR count). The first kappa shape index (κ1) is 13.1. The highest BCUT2D eigenvalue weighted by Gasteiger charge is 2.08. The predicted molar refractivity (Wildman–Crippen MR) is 71.4 cm³/mol. The smallest absolute Gasteiger partial charge is 0.174 e. The molecule has 2 aromatic rings. The molecule has 0 aliphatic rings. The van der Waals surface area contributed by atoms with Crippen LogP contribution in [0.4, 0.5) is 0 Å². The zero-order chi connectivity index (χ0) is 13.5. The second-order valence-corrected chi connectivity index (χ2v) is 4.19. The van der Waals surface area contributed by atoms with Crippen LogP contribution in [0.2, 0.25) is 0 Å². The molecule has 0 fully saturated rings. The maximum Gasteiger partial charge on any atom is 0.174 e. The van der Waals surface area contributed by atoms with Crippen LogP contribution in [0.3, 0.4) is 0 Å². The maximum absolute atomic E-state index is 8.56. The van der Waals surface area contributed by atoms with Gasteiger partial charge in [0.25, 0.3) is 0 Å². The number of nitriles is 1. The SMILES string of the molecule is CC(NCc1ccccc1OCC#N)c1cn[nH]c1. The van der Waals surface area contributed by atoms with Gasteiger partial charge in [0.05, 0.1) is 6.20 Å². The summed E-state index contributed by atoms with van der Waals surface area (Å²) in [4.78, 5) is 0. The maximum atomic E-state index is 8.56. The molecule has 1 aromatic carbocycles. The van der Waals surface area contributed by atoms with Gasteiger partial charge in [0, 0.05) is 29.9 Å². The molecule has 0 spiro atoms. The number of rotatable bonds is 6. The van der Waals surface area contributed by atoms with Crippen LogP contribution >= 0.6 is 0 Å². The average Bonchev–Trinajstić information content (AvgIpc) is 2.97. The van der Waals surface area contributed by atoms with Gasteiger partial charge in [-0.15, -0.1) is 0 Å². The van der Waals surface area contributed by atoms with Gasteiger partial charge in [0.2, 0.25) is 0 Å².